The second-order valence-electron chi connectivity index (χ2n) is 3.09. The smallest absolute Gasteiger partial charge is 0.254 e. The highest BCUT2D eigenvalue weighted by atomic mass is 19.1. The molecule has 0 bridgehead atoms. The fraction of sp³-hybridized carbons (Fsp3) is 0.300. The Morgan fingerprint density at radius 1 is 1.69 bits per heavy atom. The molecule has 0 aliphatic carbocycles. The number of anilines is 1. The molecule has 1 amide bonds. The van der Waals surface area contributed by atoms with Gasteiger partial charge in [0.2, 0.25) is 0 Å². The molecular formula is C10H13FN2O3. The van der Waals surface area contributed by atoms with Gasteiger partial charge < -0.3 is 20.9 Å². The number of amides is 1. The minimum absolute atomic E-state index is 0.0809. The number of aliphatic hydroxyl groups is 1. The third-order valence-corrected chi connectivity index (χ3v) is 1.95. The highest BCUT2D eigenvalue weighted by Gasteiger charge is 2.13. The van der Waals surface area contributed by atoms with E-state index < -0.39 is 17.8 Å². The van der Waals surface area contributed by atoms with E-state index >= 15 is 0 Å². The Hall–Kier alpha value is -1.66. The summed E-state index contributed by atoms with van der Waals surface area (Å²) in [7, 11) is 1.34. The van der Waals surface area contributed by atoms with Crippen molar-refractivity contribution in [3.8, 4) is 5.75 Å². The van der Waals surface area contributed by atoms with Gasteiger partial charge in [0.1, 0.15) is 6.10 Å². The fourth-order valence-electron chi connectivity index (χ4n) is 1.08. The third kappa shape index (κ3) is 2.91. The quantitative estimate of drug-likeness (QED) is 0.682. The number of ether oxygens (including phenoxy) is 1. The van der Waals surface area contributed by atoms with Crippen molar-refractivity contribution < 1.29 is 19.0 Å². The van der Waals surface area contributed by atoms with Crippen molar-refractivity contribution in [2.24, 2.45) is 5.73 Å². The average Bonchev–Trinajstić information content (AvgIpc) is 2.28. The molecule has 0 saturated carbocycles. The van der Waals surface area contributed by atoms with E-state index in [1.165, 1.54) is 19.2 Å². The lowest BCUT2D eigenvalue weighted by Gasteiger charge is -2.10. The highest BCUT2D eigenvalue weighted by Crippen LogP contribution is 2.20. The molecular weight excluding hydrogens is 215 g/mol. The van der Waals surface area contributed by atoms with Gasteiger partial charge in [-0.1, -0.05) is 0 Å². The lowest BCUT2D eigenvalue weighted by atomic mass is 10.2. The summed E-state index contributed by atoms with van der Waals surface area (Å²) < 4.78 is 17.9. The first-order valence-electron chi connectivity index (χ1n) is 4.61. The zero-order chi connectivity index (χ0) is 12.1. The molecule has 0 spiro atoms. The van der Waals surface area contributed by atoms with E-state index in [1.54, 1.807) is 0 Å². The molecule has 16 heavy (non-hydrogen) atoms. The van der Waals surface area contributed by atoms with Crippen LogP contribution in [0.4, 0.5) is 10.1 Å². The van der Waals surface area contributed by atoms with Gasteiger partial charge in [0.15, 0.2) is 11.6 Å². The number of aliphatic hydroxyl groups excluding tert-OH is 1. The van der Waals surface area contributed by atoms with Crippen molar-refractivity contribution in [1.82, 2.24) is 0 Å². The number of rotatable bonds is 4. The summed E-state index contributed by atoms with van der Waals surface area (Å²) in [6, 6.07) is 3.93. The number of methoxy groups -OCH3 is 1. The van der Waals surface area contributed by atoms with Crippen molar-refractivity contribution in [3.63, 3.8) is 0 Å². The summed E-state index contributed by atoms with van der Waals surface area (Å²) in [5.74, 6) is -1.19. The molecule has 5 nitrogen and oxygen atoms in total. The SMILES string of the molecule is COc1ccc(NC(=O)C(O)CN)cc1F. The lowest BCUT2D eigenvalue weighted by Crippen LogP contribution is -2.34. The Balaban J connectivity index is 2.75. The van der Waals surface area contributed by atoms with Gasteiger partial charge in [0.05, 0.1) is 7.11 Å². The van der Waals surface area contributed by atoms with Crippen molar-refractivity contribution in [1.29, 1.82) is 0 Å². The maximum absolute atomic E-state index is 13.2. The summed E-state index contributed by atoms with van der Waals surface area (Å²) in [6.07, 6.45) is -1.30. The van der Waals surface area contributed by atoms with Crippen LogP contribution in [0.2, 0.25) is 0 Å². The molecule has 88 valence electrons. The van der Waals surface area contributed by atoms with Gasteiger partial charge in [0, 0.05) is 18.3 Å². The maximum Gasteiger partial charge on any atom is 0.254 e. The fourth-order valence-corrected chi connectivity index (χ4v) is 1.08. The largest absolute Gasteiger partial charge is 0.494 e. The van der Waals surface area contributed by atoms with Gasteiger partial charge in [-0.25, -0.2) is 4.39 Å². The van der Waals surface area contributed by atoms with Crippen LogP contribution in [0.5, 0.6) is 5.75 Å². The van der Waals surface area contributed by atoms with Crippen LogP contribution in [-0.2, 0) is 4.79 Å². The molecule has 0 aliphatic heterocycles. The number of carbonyl (C=O) groups excluding carboxylic acids is 1. The minimum atomic E-state index is -1.30. The van der Waals surface area contributed by atoms with Crippen LogP contribution in [0.25, 0.3) is 0 Å². The van der Waals surface area contributed by atoms with Crippen molar-refractivity contribution in [2.45, 2.75) is 6.10 Å². The number of hydrogen-bond donors (Lipinski definition) is 3. The molecule has 0 fully saturated rings. The second kappa shape index (κ2) is 5.43. The van der Waals surface area contributed by atoms with E-state index in [9.17, 15) is 9.18 Å². The van der Waals surface area contributed by atoms with Gasteiger partial charge in [0.25, 0.3) is 5.91 Å². The number of hydrogen-bond acceptors (Lipinski definition) is 4. The van der Waals surface area contributed by atoms with Crippen LogP contribution >= 0.6 is 0 Å². The molecule has 0 heterocycles. The Labute approximate surface area is 92.0 Å². The van der Waals surface area contributed by atoms with Crippen LogP contribution in [0.1, 0.15) is 0 Å². The molecule has 0 saturated heterocycles. The van der Waals surface area contributed by atoms with Crippen molar-refractivity contribution in [3.05, 3.63) is 24.0 Å². The Morgan fingerprint density at radius 3 is 2.88 bits per heavy atom. The summed E-state index contributed by atoms with van der Waals surface area (Å²) >= 11 is 0. The summed E-state index contributed by atoms with van der Waals surface area (Å²) in [5.41, 5.74) is 5.33. The van der Waals surface area contributed by atoms with E-state index in [4.69, 9.17) is 15.6 Å². The van der Waals surface area contributed by atoms with E-state index in [-0.39, 0.29) is 18.0 Å². The molecule has 1 aromatic carbocycles. The maximum atomic E-state index is 13.2. The second-order valence-corrected chi connectivity index (χ2v) is 3.09. The number of carbonyl (C=O) groups is 1. The number of nitrogens with one attached hydrogen (secondary N) is 1. The van der Waals surface area contributed by atoms with Crippen LogP contribution < -0.4 is 15.8 Å². The zero-order valence-corrected chi connectivity index (χ0v) is 8.74. The predicted molar refractivity (Wildman–Crippen MR) is 56.6 cm³/mol. The molecule has 0 aliphatic rings. The molecule has 0 radical (unpaired) electrons. The molecule has 1 rings (SSSR count). The zero-order valence-electron chi connectivity index (χ0n) is 8.74. The first kappa shape index (κ1) is 12.4. The molecule has 1 aromatic rings. The normalized spacial score (nSPS) is 12.0. The number of benzene rings is 1. The van der Waals surface area contributed by atoms with Crippen LogP contribution in [-0.4, -0.2) is 30.8 Å². The van der Waals surface area contributed by atoms with E-state index in [2.05, 4.69) is 5.32 Å². The number of nitrogens with two attached hydrogens (primary N) is 1. The summed E-state index contributed by atoms with van der Waals surface area (Å²) in [5, 5.41) is 11.4. The Morgan fingerprint density at radius 2 is 2.38 bits per heavy atom. The van der Waals surface area contributed by atoms with Gasteiger partial charge in [-0.15, -0.1) is 0 Å². The molecule has 0 aromatic heterocycles. The third-order valence-electron chi connectivity index (χ3n) is 1.95. The van der Waals surface area contributed by atoms with E-state index in [1.807, 2.05) is 0 Å². The monoisotopic (exact) mass is 228 g/mol. The van der Waals surface area contributed by atoms with Crippen molar-refractivity contribution in [2.75, 3.05) is 19.0 Å². The first-order valence-corrected chi connectivity index (χ1v) is 4.61. The first-order chi connectivity index (χ1) is 7.58. The lowest BCUT2D eigenvalue weighted by molar-refractivity contribution is -0.123. The minimum Gasteiger partial charge on any atom is -0.494 e. The van der Waals surface area contributed by atoms with E-state index in [0.29, 0.717) is 0 Å². The van der Waals surface area contributed by atoms with Crippen LogP contribution in [0.15, 0.2) is 18.2 Å². The summed E-state index contributed by atoms with van der Waals surface area (Å²) in [6.45, 7) is -0.190. The number of halogens is 1. The van der Waals surface area contributed by atoms with Gasteiger partial charge in [-0.2, -0.15) is 0 Å². The predicted octanol–water partition coefficient (Wildman–Crippen LogP) is 0.0924. The van der Waals surface area contributed by atoms with Gasteiger partial charge >= 0.3 is 0 Å². The molecule has 1 atom stereocenters. The van der Waals surface area contributed by atoms with Crippen LogP contribution in [0, 0.1) is 5.82 Å². The molecule has 6 heteroatoms. The molecule has 4 N–H and O–H groups in total. The van der Waals surface area contributed by atoms with Crippen LogP contribution in [0.3, 0.4) is 0 Å². The summed E-state index contributed by atoms with van der Waals surface area (Å²) in [4.78, 5) is 11.2. The van der Waals surface area contributed by atoms with E-state index in [0.717, 1.165) is 6.07 Å². The standard InChI is InChI=1S/C10H13FN2O3/c1-16-9-3-2-6(4-7(9)11)13-10(15)8(14)5-12/h2-4,8,14H,5,12H2,1H3,(H,13,15). The van der Waals surface area contributed by atoms with Gasteiger partial charge in [-0.05, 0) is 12.1 Å². The van der Waals surface area contributed by atoms with Gasteiger partial charge in [-0.3, -0.25) is 4.79 Å². The highest BCUT2D eigenvalue weighted by molar-refractivity contribution is 5.94. The topological polar surface area (TPSA) is 84.6 Å². The Kier molecular flexibility index (Phi) is 4.21. The van der Waals surface area contributed by atoms with Crippen molar-refractivity contribution >= 4 is 11.6 Å². The average molecular weight is 228 g/mol. The molecule has 1 unspecified atom stereocenters. The Bertz CT molecular complexity index is 384.